The van der Waals surface area contributed by atoms with E-state index in [4.69, 9.17) is 33.2 Å². The number of benzene rings is 1. The first-order valence-electron chi connectivity index (χ1n) is 10.4. The molecule has 0 saturated heterocycles. The minimum Gasteiger partial charge on any atom is -0.140 e. The van der Waals surface area contributed by atoms with Crippen LogP contribution in [0.25, 0.3) is 40.4 Å². The summed E-state index contributed by atoms with van der Waals surface area (Å²) in [7, 11) is 0. The summed E-state index contributed by atoms with van der Waals surface area (Å²) in [4.78, 5) is 9.03. The molecular weight excluding hydrogens is 563 g/mol. The molecule has 0 spiro atoms. The lowest BCUT2D eigenvalue weighted by atomic mass is 10.1. The van der Waals surface area contributed by atoms with Gasteiger partial charge in [-0.1, -0.05) is 31.2 Å². The number of thiophene rings is 4. The molecule has 0 aliphatic heterocycles. The summed E-state index contributed by atoms with van der Waals surface area (Å²) >= 11 is 26.0. The molecule has 0 aliphatic rings. The number of hydrogen-bond acceptors (Lipinski definition) is 4. The van der Waals surface area contributed by atoms with Gasteiger partial charge in [-0.25, -0.2) is 0 Å². The van der Waals surface area contributed by atoms with Gasteiger partial charge in [0, 0.05) is 38.6 Å². The van der Waals surface area contributed by atoms with Gasteiger partial charge in [-0.15, -0.1) is 78.6 Å². The molecule has 33 heavy (non-hydrogen) atoms. The van der Waals surface area contributed by atoms with Gasteiger partial charge in [0.25, 0.3) is 0 Å². The van der Waals surface area contributed by atoms with E-state index in [0.29, 0.717) is 0 Å². The molecule has 0 aliphatic carbocycles. The van der Waals surface area contributed by atoms with Gasteiger partial charge in [0.05, 0.1) is 0 Å². The number of halogens is 3. The van der Waals surface area contributed by atoms with Gasteiger partial charge < -0.3 is 0 Å². The van der Waals surface area contributed by atoms with Gasteiger partial charge in [-0.2, -0.15) is 0 Å². The Morgan fingerprint density at radius 3 is 1.70 bits per heavy atom. The van der Waals surface area contributed by atoms with Crippen molar-refractivity contribution in [3.63, 3.8) is 0 Å². The van der Waals surface area contributed by atoms with Gasteiger partial charge in [0.2, 0.25) is 0 Å². The second kappa shape index (κ2) is 9.63. The Kier molecular flexibility index (Phi) is 6.96. The molecule has 0 N–H and O–H groups in total. The first-order valence-corrected chi connectivity index (χ1v) is 18.7. The van der Waals surface area contributed by atoms with Crippen LogP contribution in [0.3, 0.4) is 0 Å². The Morgan fingerprint density at radius 2 is 1.15 bits per heavy atom. The van der Waals surface area contributed by atoms with E-state index < -0.39 is 6.00 Å². The highest BCUT2D eigenvalue weighted by molar-refractivity contribution is 7.73. The molecular formula is C25H19Cl3S4Si. The Bertz CT molecular complexity index is 1400. The topological polar surface area (TPSA) is 0 Å². The van der Waals surface area contributed by atoms with E-state index in [0.717, 1.165) is 10.9 Å². The van der Waals surface area contributed by atoms with Crippen LogP contribution in [-0.2, 0) is 6.42 Å². The fraction of sp³-hybridized carbons (Fsp3) is 0.120. The fourth-order valence-corrected chi connectivity index (χ4v) is 10.4. The summed E-state index contributed by atoms with van der Waals surface area (Å²) < 4.78 is 0.909. The zero-order valence-electron chi connectivity index (χ0n) is 17.8. The van der Waals surface area contributed by atoms with Crippen molar-refractivity contribution >= 4 is 89.1 Å². The Balaban J connectivity index is 1.39. The molecule has 1 aromatic carbocycles. The van der Waals surface area contributed by atoms with Gasteiger partial charge >= 0.3 is 6.00 Å². The van der Waals surface area contributed by atoms with Crippen molar-refractivity contribution in [3.8, 4) is 40.4 Å². The Hall–Kier alpha value is -0.893. The van der Waals surface area contributed by atoms with E-state index in [-0.39, 0.29) is 0 Å². The minimum atomic E-state index is -2.87. The van der Waals surface area contributed by atoms with Crippen LogP contribution in [0.2, 0.25) is 0 Å². The highest BCUT2D eigenvalue weighted by Crippen LogP contribution is 2.41. The molecule has 4 aromatic heterocycles. The lowest BCUT2D eigenvalue weighted by molar-refractivity contribution is 1.16. The van der Waals surface area contributed by atoms with E-state index >= 15 is 0 Å². The van der Waals surface area contributed by atoms with Gasteiger partial charge in [-0.3, -0.25) is 0 Å². The van der Waals surface area contributed by atoms with Crippen molar-refractivity contribution in [1.29, 1.82) is 0 Å². The molecule has 0 amide bonds. The zero-order valence-corrected chi connectivity index (χ0v) is 24.4. The number of aryl methyl sites for hydroxylation is 2. The summed E-state index contributed by atoms with van der Waals surface area (Å²) in [6.45, 7) is 4.30. The smallest absolute Gasteiger partial charge is 0.140 e. The first-order chi connectivity index (χ1) is 15.8. The van der Waals surface area contributed by atoms with Crippen molar-refractivity contribution in [1.82, 2.24) is 0 Å². The van der Waals surface area contributed by atoms with Crippen molar-refractivity contribution in [2.45, 2.75) is 20.3 Å². The van der Waals surface area contributed by atoms with Crippen LogP contribution in [0.15, 0.2) is 66.7 Å². The van der Waals surface area contributed by atoms with Crippen molar-refractivity contribution < 1.29 is 0 Å². The molecule has 8 heteroatoms. The molecule has 0 bridgehead atoms. The zero-order chi connectivity index (χ0) is 23.2. The summed E-state index contributed by atoms with van der Waals surface area (Å²) in [6.07, 6.45) is 0.927. The van der Waals surface area contributed by atoms with Crippen LogP contribution in [0.5, 0.6) is 0 Å². The van der Waals surface area contributed by atoms with Crippen LogP contribution in [-0.4, -0.2) is 6.00 Å². The van der Waals surface area contributed by atoms with Crippen molar-refractivity contribution in [3.05, 3.63) is 77.2 Å². The molecule has 168 valence electrons. The van der Waals surface area contributed by atoms with E-state index in [1.165, 1.54) is 50.8 Å². The monoisotopic (exact) mass is 580 g/mol. The standard InChI is InChI=1S/C25H19Cl3S4Si/c1-3-16-14-24(33(26,27)28)32-25(16)23-13-11-20(31-23)18-7-5-17(6-8-18)19-10-12-22(30-19)21-9-4-15(2)29-21/h4-14H,3H2,1-2H3. The largest absolute Gasteiger partial charge is 0.383 e. The van der Waals surface area contributed by atoms with E-state index in [9.17, 15) is 0 Å². The predicted octanol–water partition coefficient (Wildman–Crippen LogP) is 10.3. The quantitative estimate of drug-likeness (QED) is 0.138. The predicted molar refractivity (Wildman–Crippen MR) is 157 cm³/mol. The third-order valence-corrected chi connectivity index (χ3v) is 14.7. The third kappa shape index (κ3) is 5.07. The van der Waals surface area contributed by atoms with Crippen molar-refractivity contribution in [2.24, 2.45) is 0 Å². The number of hydrogen-bond donors (Lipinski definition) is 0. The molecule has 5 rings (SSSR count). The van der Waals surface area contributed by atoms with Gasteiger partial charge in [0.1, 0.15) is 0 Å². The lowest BCUT2D eigenvalue weighted by Gasteiger charge is -2.02. The Labute approximate surface area is 225 Å². The average molecular weight is 582 g/mol. The maximum atomic E-state index is 6.28. The normalized spacial score (nSPS) is 11.9. The first kappa shape index (κ1) is 23.8. The maximum absolute atomic E-state index is 6.28. The van der Waals surface area contributed by atoms with E-state index in [1.54, 1.807) is 22.7 Å². The number of rotatable bonds is 6. The maximum Gasteiger partial charge on any atom is 0.383 e. The van der Waals surface area contributed by atoms with E-state index in [1.807, 2.05) is 22.7 Å². The molecule has 5 aromatic rings. The summed E-state index contributed by atoms with van der Waals surface area (Å²) in [5.41, 5.74) is 3.74. The van der Waals surface area contributed by atoms with E-state index in [2.05, 4.69) is 80.6 Å². The summed E-state index contributed by atoms with van der Waals surface area (Å²) in [5.74, 6) is 0. The highest BCUT2D eigenvalue weighted by Gasteiger charge is 2.31. The van der Waals surface area contributed by atoms with Crippen LogP contribution < -0.4 is 4.50 Å². The van der Waals surface area contributed by atoms with Crippen LogP contribution in [0, 0.1) is 6.92 Å². The molecule has 4 heterocycles. The molecule has 0 unspecified atom stereocenters. The van der Waals surface area contributed by atoms with Crippen LogP contribution in [0.4, 0.5) is 0 Å². The second-order valence-corrected chi connectivity index (χ2v) is 20.9. The lowest BCUT2D eigenvalue weighted by Crippen LogP contribution is -2.26. The van der Waals surface area contributed by atoms with Crippen LogP contribution >= 0.6 is 78.6 Å². The molecule has 0 nitrogen and oxygen atoms in total. The highest BCUT2D eigenvalue weighted by atomic mass is 35.8. The SMILES string of the molecule is CCc1cc([Si](Cl)(Cl)Cl)sc1-c1ccc(-c2ccc(-c3ccc(-c4ccc(C)s4)s3)cc2)s1. The Morgan fingerprint density at radius 1 is 0.636 bits per heavy atom. The van der Waals surface area contributed by atoms with Gasteiger partial charge in [-0.05, 0) is 72.5 Å². The molecule has 0 saturated carbocycles. The minimum absolute atomic E-state index is 0.909. The summed E-state index contributed by atoms with van der Waals surface area (Å²) in [5, 5.41) is 0. The molecule has 0 fully saturated rings. The fourth-order valence-electron chi connectivity index (χ4n) is 3.65. The average Bonchev–Trinajstić information content (AvgIpc) is 3.58. The van der Waals surface area contributed by atoms with Crippen molar-refractivity contribution in [2.75, 3.05) is 0 Å². The summed E-state index contributed by atoms with van der Waals surface area (Å²) in [6, 6.07) is 21.3. The molecule has 0 atom stereocenters. The van der Waals surface area contributed by atoms with Gasteiger partial charge in [0.15, 0.2) is 0 Å². The van der Waals surface area contributed by atoms with Crippen LogP contribution in [0.1, 0.15) is 17.4 Å². The molecule has 0 radical (unpaired) electrons. The second-order valence-electron chi connectivity index (χ2n) is 7.63. The third-order valence-electron chi connectivity index (χ3n) is 5.34.